The summed E-state index contributed by atoms with van der Waals surface area (Å²) in [6, 6.07) is 6.20. The molecular weight excluding hydrogens is 288 g/mol. The fourth-order valence-electron chi connectivity index (χ4n) is 3.06. The molecule has 4 heteroatoms. The quantitative estimate of drug-likeness (QED) is 0.807. The van der Waals surface area contributed by atoms with Crippen LogP contribution in [-0.2, 0) is 11.2 Å². The minimum atomic E-state index is 0.0482. The molecule has 1 saturated heterocycles. The highest BCUT2D eigenvalue weighted by Crippen LogP contribution is 2.29. The van der Waals surface area contributed by atoms with E-state index >= 15 is 0 Å². The summed E-state index contributed by atoms with van der Waals surface area (Å²) in [6.45, 7) is 8.90. The van der Waals surface area contributed by atoms with E-state index in [-0.39, 0.29) is 5.91 Å². The summed E-state index contributed by atoms with van der Waals surface area (Å²) in [5.74, 6) is 1.93. The standard InChI is InChI=1S/C19H30N2O2/c1-4-23-18-13-16(12-15-7-9-20-10-8-15)5-6-17(18)21-19(22)11-14(2)3/h5-6,13-15,20H,4,7-12H2,1-3H3,(H,21,22). The molecule has 1 amide bonds. The fraction of sp³-hybridized carbons (Fsp3) is 0.632. The lowest BCUT2D eigenvalue weighted by Gasteiger charge is -2.23. The Labute approximate surface area is 140 Å². The average Bonchev–Trinajstić information content (AvgIpc) is 2.50. The van der Waals surface area contributed by atoms with Gasteiger partial charge < -0.3 is 15.4 Å². The first-order chi connectivity index (χ1) is 11.1. The normalized spacial score (nSPS) is 15.7. The van der Waals surface area contributed by atoms with E-state index in [0.29, 0.717) is 18.9 Å². The van der Waals surface area contributed by atoms with Gasteiger partial charge in [-0.3, -0.25) is 4.79 Å². The van der Waals surface area contributed by atoms with Gasteiger partial charge in [-0.15, -0.1) is 0 Å². The molecule has 1 heterocycles. The van der Waals surface area contributed by atoms with Crippen molar-refractivity contribution in [3.63, 3.8) is 0 Å². The maximum Gasteiger partial charge on any atom is 0.224 e. The smallest absolute Gasteiger partial charge is 0.224 e. The van der Waals surface area contributed by atoms with Gasteiger partial charge in [-0.1, -0.05) is 19.9 Å². The van der Waals surface area contributed by atoms with Crippen molar-refractivity contribution in [3.8, 4) is 5.75 Å². The first kappa shape index (κ1) is 17.8. The van der Waals surface area contributed by atoms with Gasteiger partial charge in [0, 0.05) is 6.42 Å². The topological polar surface area (TPSA) is 50.4 Å². The molecule has 1 fully saturated rings. The Morgan fingerprint density at radius 3 is 2.74 bits per heavy atom. The molecule has 0 bridgehead atoms. The highest BCUT2D eigenvalue weighted by atomic mass is 16.5. The van der Waals surface area contributed by atoms with Crippen LogP contribution in [0.5, 0.6) is 5.75 Å². The number of piperidine rings is 1. The summed E-state index contributed by atoms with van der Waals surface area (Å²) in [5.41, 5.74) is 2.08. The maximum absolute atomic E-state index is 12.0. The van der Waals surface area contributed by atoms with Gasteiger partial charge in [0.05, 0.1) is 12.3 Å². The molecule has 128 valence electrons. The van der Waals surface area contributed by atoms with E-state index in [0.717, 1.165) is 36.9 Å². The molecular formula is C19H30N2O2. The third kappa shape index (κ3) is 5.87. The SMILES string of the molecule is CCOc1cc(CC2CCNCC2)ccc1NC(=O)CC(C)C. The lowest BCUT2D eigenvalue weighted by molar-refractivity contribution is -0.116. The fourth-order valence-corrected chi connectivity index (χ4v) is 3.06. The highest BCUT2D eigenvalue weighted by molar-refractivity contribution is 5.92. The molecule has 0 saturated carbocycles. The Balaban J connectivity index is 2.05. The van der Waals surface area contributed by atoms with Gasteiger partial charge in [-0.05, 0) is 68.8 Å². The molecule has 0 unspecified atom stereocenters. The minimum absolute atomic E-state index is 0.0482. The van der Waals surface area contributed by atoms with Gasteiger partial charge in [0.15, 0.2) is 0 Å². The zero-order chi connectivity index (χ0) is 16.7. The highest BCUT2D eigenvalue weighted by Gasteiger charge is 2.15. The van der Waals surface area contributed by atoms with E-state index in [1.54, 1.807) is 0 Å². The first-order valence-corrected chi connectivity index (χ1v) is 8.84. The molecule has 23 heavy (non-hydrogen) atoms. The number of carbonyl (C=O) groups excluding carboxylic acids is 1. The van der Waals surface area contributed by atoms with Crippen LogP contribution in [0.4, 0.5) is 5.69 Å². The molecule has 0 aliphatic carbocycles. The van der Waals surface area contributed by atoms with Crippen LogP contribution in [0.25, 0.3) is 0 Å². The molecule has 2 N–H and O–H groups in total. The second-order valence-electron chi connectivity index (χ2n) is 6.81. The molecule has 0 aromatic heterocycles. The van der Waals surface area contributed by atoms with Crippen LogP contribution in [0.3, 0.4) is 0 Å². The molecule has 4 nitrogen and oxygen atoms in total. The summed E-state index contributed by atoms with van der Waals surface area (Å²) in [5, 5.41) is 6.39. The molecule has 1 aliphatic rings. The Bertz CT molecular complexity index is 508. The molecule has 1 aromatic rings. The summed E-state index contributed by atoms with van der Waals surface area (Å²) in [4.78, 5) is 12.0. The predicted molar refractivity (Wildman–Crippen MR) is 95.0 cm³/mol. The van der Waals surface area contributed by atoms with E-state index in [9.17, 15) is 4.79 Å². The molecule has 0 atom stereocenters. The number of carbonyl (C=O) groups is 1. The van der Waals surface area contributed by atoms with Crippen molar-refractivity contribution >= 4 is 11.6 Å². The summed E-state index contributed by atoms with van der Waals surface area (Å²) in [6.07, 6.45) is 4.08. The zero-order valence-electron chi connectivity index (χ0n) is 14.7. The van der Waals surface area contributed by atoms with Crippen LogP contribution in [-0.4, -0.2) is 25.6 Å². The van der Waals surface area contributed by atoms with Gasteiger partial charge >= 0.3 is 0 Å². The summed E-state index contributed by atoms with van der Waals surface area (Å²) >= 11 is 0. The maximum atomic E-state index is 12.0. The van der Waals surface area contributed by atoms with Crippen LogP contribution >= 0.6 is 0 Å². The van der Waals surface area contributed by atoms with Crippen molar-refractivity contribution in [2.75, 3.05) is 25.0 Å². The van der Waals surface area contributed by atoms with E-state index in [1.807, 2.05) is 26.8 Å². The van der Waals surface area contributed by atoms with Gasteiger partial charge in [0.25, 0.3) is 0 Å². The Kier molecular flexibility index (Phi) is 6.90. The number of benzene rings is 1. The van der Waals surface area contributed by atoms with Gasteiger partial charge in [0.2, 0.25) is 5.91 Å². The lowest BCUT2D eigenvalue weighted by atomic mass is 9.91. The van der Waals surface area contributed by atoms with Crippen molar-refractivity contribution in [2.24, 2.45) is 11.8 Å². The van der Waals surface area contributed by atoms with Crippen molar-refractivity contribution in [1.82, 2.24) is 5.32 Å². The van der Waals surface area contributed by atoms with Crippen molar-refractivity contribution < 1.29 is 9.53 Å². The Hall–Kier alpha value is -1.55. The van der Waals surface area contributed by atoms with Crippen molar-refractivity contribution in [1.29, 1.82) is 0 Å². The molecule has 2 rings (SSSR count). The largest absolute Gasteiger partial charge is 0.492 e. The summed E-state index contributed by atoms with van der Waals surface area (Å²) in [7, 11) is 0. The van der Waals surface area contributed by atoms with Gasteiger partial charge in [-0.2, -0.15) is 0 Å². The lowest BCUT2D eigenvalue weighted by Crippen LogP contribution is -2.28. The summed E-state index contributed by atoms with van der Waals surface area (Å²) < 4.78 is 5.75. The number of anilines is 1. The molecule has 1 aliphatic heterocycles. The number of rotatable bonds is 7. The van der Waals surface area contributed by atoms with Crippen LogP contribution in [0.2, 0.25) is 0 Å². The second kappa shape index (κ2) is 8.92. The molecule has 0 radical (unpaired) electrons. The van der Waals surface area contributed by atoms with E-state index in [2.05, 4.69) is 22.8 Å². The third-order valence-corrected chi connectivity index (χ3v) is 4.20. The number of ether oxygens (including phenoxy) is 1. The Morgan fingerprint density at radius 1 is 1.35 bits per heavy atom. The number of nitrogens with one attached hydrogen (secondary N) is 2. The van der Waals surface area contributed by atoms with Crippen LogP contribution < -0.4 is 15.4 Å². The van der Waals surface area contributed by atoms with Crippen LogP contribution in [0.15, 0.2) is 18.2 Å². The third-order valence-electron chi connectivity index (χ3n) is 4.20. The van der Waals surface area contributed by atoms with E-state index < -0.39 is 0 Å². The van der Waals surface area contributed by atoms with E-state index in [4.69, 9.17) is 4.74 Å². The number of hydrogen-bond donors (Lipinski definition) is 2. The molecule has 1 aromatic carbocycles. The first-order valence-electron chi connectivity index (χ1n) is 8.84. The average molecular weight is 318 g/mol. The number of amides is 1. The van der Waals surface area contributed by atoms with E-state index in [1.165, 1.54) is 18.4 Å². The van der Waals surface area contributed by atoms with Crippen molar-refractivity contribution in [2.45, 2.75) is 46.5 Å². The van der Waals surface area contributed by atoms with Crippen LogP contribution in [0, 0.1) is 11.8 Å². The zero-order valence-corrected chi connectivity index (χ0v) is 14.7. The van der Waals surface area contributed by atoms with Gasteiger partial charge in [-0.25, -0.2) is 0 Å². The van der Waals surface area contributed by atoms with Crippen molar-refractivity contribution in [3.05, 3.63) is 23.8 Å². The Morgan fingerprint density at radius 2 is 2.09 bits per heavy atom. The minimum Gasteiger partial charge on any atom is -0.492 e. The number of hydrogen-bond acceptors (Lipinski definition) is 3. The predicted octanol–water partition coefficient (Wildman–Crippen LogP) is 3.61. The molecule has 0 spiro atoms. The monoisotopic (exact) mass is 318 g/mol. The van der Waals surface area contributed by atoms with Crippen LogP contribution in [0.1, 0.15) is 45.6 Å². The second-order valence-corrected chi connectivity index (χ2v) is 6.81. The van der Waals surface area contributed by atoms with Gasteiger partial charge in [0.1, 0.15) is 5.75 Å².